The lowest BCUT2D eigenvalue weighted by atomic mass is 9.81. The number of fused-ring (bicyclic) bond motifs is 1. The molecular weight excluding hydrogens is 444 g/mol. The molecule has 0 bridgehead atoms. The Morgan fingerprint density at radius 3 is 2.29 bits per heavy atom. The number of imide groups is 1. The molecule has 3 aromatic carbocycles. The van der Waals surface area contributed by atoms with E-state index in [1.807, 2.05) is 25.1 Å². The van der Waals surface area contributed by atoms with E-state index in [4.69, 9.17) is 4.74 Å². The molecule has 3 amide bonds. The number of anilines is 2. The van der Waals surface area contributed by atoms with Gasteiger partial charge in [0.2, 0.25) is 11.8 Å². The highest BCUT2D eigenvalue weighted by Crippen LogP contribution is 2.41. The summed E-state index contributed by atoms with van der Waals surface area (Å²) >= 11 is 0. The SMILES string of the molecule is Cc1ccc(C(=O)Nc2cc(Oc3ccccc3)ccc2O)cc1N1C(=O)C2CCCCC2C1=O. The number of nitrogens with one attached hydrogen (secondary N) is 1. The Kier molecular flexibility index (Phi) is 5.99. The quantitative estimate of drug-likeness (QED) is 0.383. The van der Waals surface area contributed by atoms with Crippen LogP contribution in [0.4, 0.5) is 11.4 Å². The fraction of sp³-hybridized carbons (Fsp3) is 0.250. The molecule has 3 aromatic rings. The van der Waals surface area contributed by atoms with E-state index < -0.39 is 5.91 Å². The first-order valence-electron chi connectivity index (χ1n) is 11.8. The monoisotopic (exact) mass is 470 g/mol. The molecule has 0 spiro atoms. The highest BCUT2D eigenvalue weighted by molar-refractivity contribution is 6.22. The van der Waals surface area contributed by atoms with E-state index in [0.717, 1.165) is 31.2 Å². The molecule has 2 unspecified atom stereocenters. The second-order valence-electron chi connectivity index (χ2n) is 9.06. The van der Waals surface area contributed by atoms with Crippen LogP contribution in [0.25, 0.3) is 0 Å². The van der Waals surface area contributed by atoms with Crippen LogP contribution >= 0.6 is 0 Å². The van der Waals surface area contributed by atoms with Gasteiger partial charge in [0.1, 0.15) is 17.2 Å². The molecule has 178 valence electrons. The van der Waals surface area contributed by atoms with Crippen molar-refractivity contribution in [3.05, 3.63) is 77.9 Å². The average Bonchev–Trinajstić information content (AvgIpc) is 3.12. The van der Waals surface area contributed by atoms with Crippen LogP contribution in [0.1, 0.15) is 41.6 Å². The van der Waals surface area contributed by atoms with Gasteiger partial charge in [0.25, 0.3) is 5.91 Å². The highest BCUT2D eigenvalue weighted by Gasteiger charge is 2.49. The third kappa shape index (κ3) is 4.37. The van der Waals surface area contributed by atoms with E-state index in [1.54, 1.807) is 36.4 Å². The van der Waals surface area contributed by atoms with Crippen LogP contribution < -0.4 is 15.0 Å². The first kappa shape index (κ1) is 22.7. The number of ether oxygens (including phenoxy) is 1. The maximum Gasteiger partial charge on any atom is 0.255 e. The van der Waals surface area contributed by atoms with Gasteiger partial charge in [-0.2, -0.15) is 0 Å². The molecule has 1 aliphatic carbocycles. The maximum atomic E-state index is 13.1. The number of benzene rings is 3. The Bertz CT molecular complexity index is 1280. The Balaban J connectivity index is 1.38. The molecule has 2 fully saturated rings. The third-order valence-electron chi connectivity index (χ3n) is 6.75. The average molecular weight is 471 g/mol. The molecule has 1 heterocycles. The molecule has 1 saturated heterocycles. The molecule has 0 aromatic heterocycles. The van der Waals surface area contributed by atoms with Gasteiger partial charge in [0.05, 0.1) is 23.2 Å². The number of aryl methyl sites for hydroxylation is 1. The number of carbonyl (C=O) groups excluding carboxylic acids is 3. The summed E-state index contributed by atoms with van der Waals surface area (Å²) in [6.45, 7) is 1.82. The predicted molar refractivity (Wildman–Crippen MR) is 132 cm³/mol. The molecule has 35 heavy (non-hydrogen) atoms. The van der Waals surface area contributed by atoms with Crippen molar-refractivity contribution in [2.45, 2.75) is 32.6 Å². The molecule has 2 aliphatic rings. The van der Waals surface area contributed by atoms with E-state index in [9.17, 15) is 19.5 Å². The summed E-state index contributed by atoms with van der Waals surface area (Å²) in [6, 6.07) is 18.7. The van der Waals surface area contributed by atoms with Gasteiger partial charge in [-0.3, -0.25) is 14.4 Å². The van der Waals surface area contributed by atoms with Crippen LogP contribution in [0.5, 0.6) is 17.2 Å². The number of phenolic OH excluding ortho intramolecular Hbond substituents is 1. The Hall–Kier alpha value is -4.13. The van der Waals surface area contributed by atoms with E-state index in [-0.39, 0.29) is 40.7 Å². The van der Waals surface area contributed by atoms with E-state index in [0.29, 0.717) is 17.2 Å². The number of hydrogen-bond acceptors (Lipinski definition) is 5. The maximum absolute atomic E-state index is 13.1. The van der Waals surface area contributed by atoms with Gasteiger partial charge in [0.15, 0.2) is 0 Å². The van der Waals surface area contributed by atoms with Gasteiger partial charge >= 0.3 is 0 Å². The lowest BCUT2D eigenvalue weighted by Gasteiger charge is -2.19. The largest absolute Gasteiger partial charge is 0.506 e. The topological polar surface area (TPSA) is 95.9 Å². The number of rotatable bonds is 5. The van der Waals surface area contributed by atoms with Crippen molar-refractivity contribution in [2.75, 3.05) is 10.2 Å². The summed E-state index contributed by atoms with van der Waals surface area (Å²) < 4.78 is 5.79. The number of phenols is 1. The fourth-order valence-corrected chi connectivity index (χ4v) is 4.89. The summed E-state index contributed by atoms with van der Waals surface area (Å²) in [6.07, 6.45) is 3.36. The predicted octanol–water partition coefficient (Wildman–Crippen LogP) is 5.42. The second-order valence-corrected chi connectivity index (χ2v) is 9.06. The Labute approximate surface area is 203 Å². The molecule has 1 aliphatic heterocycles. The Morgan fingerprint density at radius 1 is 0.914 bits per heavy atom. The lowest BCUT2D eigenvalue weighted by Crippen LogP contribution is -2.31. The zero-order valence-corrected chi connectivity index (χ0v) is 19.4. The van der Waals surface area contributed by atoms with Crippen LogP contribution in [-0.2, 0) is 9.59 Å². The highest BCUT2D eigenvalue weighted by atomic mass is 16.5. The first-order valence-corrected chi connectivity index (χ1v) is 11.8. The fourth-order valence-electron chi connectivity index (χ4n) is 4.89. The van der Waals surface area contributed by atoms with Gasteiger partial charge in [-0.15, -0.1) is 0 Å². The van der Waals surface area contributed by atoms with E-state index in [1.165, 1.54) is 17.0 Å². The second kappa shape index (κ2) is 9.25. The third-order valence-corrected chi connectivity index (χ3v) is 6.75. The van der Waals surface area contributed by atoms with E-state index in [2.05, 4.69) is 5.32 Å². The molecular formula is C28H26N2O5. The summed E-state index contributed by atoms with van der Waals surface area (Å²) in [7, 11) is 0. The minimum Gasteiger partial charge on any atom is -0.506 e. The van der Waals surface area contributed by atoms with Crippen LogP contribution in [0.3, 0.4) is 0 Å². The minimum absolute atomic E-state index is 0.111. The summed E-state index contributed by atoms with van der Waals surface area (Å²) in [5.41, 5.74) is 1.63. The number of aromatic hydroxyl groups is 1. The van der Waals surface area contributed by atoms with Crippen molar-refractivity contribution in [3.63, 3.8) is 0 Å². The summed E-state index contributed by atoms with van der Waals surface area (Å²) in [4.78, 5) is 40.5. The number of hydrogen-bond donors (Lipinski definition) is 2. The van der Waals surface area contributed by atoms with Crippen molar-refractivity contribution >= 4 is 29.1 Å². The van der Waals surface area contributed by atoms with Crippen LogP contribution in [-0.4, -0.2) is 22.8 Å². The Morgan fingerprint density at radius 2 is 1.60 bits per heavy atom. The van der Waals surface area contributed by atoms with Gasteiger partial charge in [0, 0.05) is 11.6 Å². The van der Waals surface area contributed by atoms with Crippen LogP contribution in [0.15, 0.2) is 66.7 Å². The van der Waals surface area contributed by atoms with Gasteiger partial charge < -0.3 is 15.2 Å². The van der Waals surface area contributed by atoms with Crippen molar-refractivity contribution in [2.24, 2.45) is 11.8 Å². The number of carbonyl (C=O) groups is 3. The zero-order chi connectivity index (χ0) is 24.5. The minimum atomic E-state index is -0.477. The molecule has 2 N–H and O–H groups in total. The lowest BCUT2D eigenvalue weighted by molar-refractivity contribution is -0.122. The summed E-state index contributed by atoms with van der Waals surface area (Å²) in [5, 5.41) is 13.0. The van der Waals surface area contributed by atoms with Crippen molar-refractivity contribution < 1.29 is 24.2 Å². The standard InChI is InChI=1S/C28H26N2O5/c1-17-11-12-18(15-24(17)30-27(33)21-9-5-6-10-22(21)28(30)34)26(32)29-23-16-20(13-14-25(23)31)35-19-7-3-2-4-8-19/h2-4,7-8,11-16,21-22,31H,5-6,9-10H2,1H3,(H,29,32). The zero-order valence-electron chi connectivity index (χ0n) is 19.4. The molecule has 7 heteroatoms. The van der Waals surface area contributed by atoms with Crippen molar-refractivity contribution in [3.8, 4) is 17.2 Å². The molecule has 2 atom stereocenters. The molecule has 7 nitrogen and oxygen atoms in total. The van der Waals surface area contributed by atoms with Gasteiger partial charge in [-0.05, 0) is 61.7 Å². The number of nitrogens with zero attached hydrogens (tertiary/aromatic N) is 1. The number of amides is 3. The smallest absolute Gasteiger partial charge is 0.255 e. The van der Waals surface area contributed by atoms with Crippen molar-refractivity contribution in [1.82, 2.24) is 0 Å². The summed E-state index contributed by atoms with van der Waals surface area (Å²) in [5.74, 6) is -0.402. The normalized spacial score (nSPS) is 19.4. The molecule has 1 saturated carbocycles. The molecule has 0 radical (unpaired) electrons. The van der Waals surface area contributed by atoms with Gasteiger partial charge in [-0.1, -0.05) is 37.1 Å². The molecule has 5 rings (SSSR count). The van der Waals surface area contributed by atoms with Crippen LogP contribution in [0.2, 0.25) is 0 Å². The number of para-hydroxylation sites is 1. The van der Waals surface area contributed by atoms with Crippen molar-refractivity contribution in [1.29, 1.82) is 0 Å². The van der Waals surface area contributed by atoms with Crippen LogP contribution in [0, 0.1) is 18.8 Å². The van der Waals surface area contributed by atoms with E-state index >= 15 is 0 Å². The van der Waals surface area contributed by atoms with Gasteiger partial charge in [-0.25, -0.2) is 4.90 Å². The first-order chi connectivity index (χ1) is 16.9.